The van der Waals surface area contributed by atoms with Crippen LogP contribution in [0.1, 0.15) is 55.2 Å². The van der Waals surface area contributed by atoms with Gasteiger partial charge in [0.25, 0.3) is 5.91 Å². The number of hydrogen-bond acceptors (Lipinski definition) is 9. The number of piperidine rings is 3. The maximum atomic E-state index is 14.1. The van der Waals surface area contributed by atoms with E-state index in [0.29, 0.717) is 57.5 Å². The average molecular weight is 820 g/mol. The molecule has 3 fully saturated rings. The Morgan fingerprint density at radius 3 is 2.23 bits per heavy atom. The summed E-state index contributed by atoms with van der Waals surface area (Å²) in [5.41, 5.74) is 5.77. The van der Waals surface area contributed by atoms with E-state index < -0.39 is 35.5 Å². The lowest BCUT2D eigenvalue weighted by atomic mass is 9.78. The highest BCUT2D eigenvalue weighted by molar-refractivity contribution is 6.33. The summed E-state index contributed by atoms with van der Waals surface area (Å²) >= 11 is 6.14. The van der Waals surface area contributed by atoms with E-state index in [9.17, 15) is 32.3 Å². The van der Waals surface area contributed by atoms with E-state index in [2.05, 4.69) is 10.2 Å². The van der Waals surface area contributed by atoms with Gasteiger partial charge in [-0.1, -0.05) is 29.8 Å². The highest BCUT2D eigenvalue weighted by Crippen LogP contribution is 2.39. The summed E-state index contributed by atoms with van der Waals surface area (Å²) in [5.74, 6) is 0.0923. The quantitative estimate of drug-likeness (QED) is 0.221. The van der Waals surface area contributed by atoms with Gasteiger partial charge < -0.3 is 40.1 Å². The van der Waals surface area contributed by atoms with Gasteiger partial charge in [-0.05, 0) is 107 Å². The standard InChI is InChI=1S/C40H53ClF3N7O6/c1-47(2)19-20-56-35(52)25-48-13-7-27(8-14-48)28-9-15-49(16-10-28)37(53)34(23-26-21-31(40(42,43)44)36(45)32(41)22-26)57-39(55)50-17-11-30(12-18-50)51-24-29-5-3-4-6-33(29)46-38(51)54/h3-6,21-22,27-28,30,34H,7-20,23-25,45H2,1-2H3,(H,46,54)/t34-/m1/s1. The van der Waals surface area contributed by atoms with Crippen molar-refractivity contribution < 1.29 is 41.8 Å². The third kappa shape index (κ3) is 10.8. The van der Waals surface area contributed by atoms with Crippen LogP contribution in [0.3, 0.4) is 0 Å². The molecule has 0 unspecified atom stereocenters. The lowest BCUT2D eigenvalue weighted by molar-refractivity contribution is -0.145. The van der Waals surface area contributed by atoms with Crippen molar-refractivity contribution in [3.8, 4) is 0 Å². The fourth-order valence-electron chi connectivity index (χ4n) is 8.44. The number of likely N-dealkylation sites (N-methyl/N-ethyl adjacent to an activating group) is 1. The van der Waals surface area contributed by atoms with Crippen LogP contribution in [0.5, 0.6) is 0 Å². The monoisotopic (exact) mass is 819 g/mol. The van der Waals surface area contributed by atoms with Crippen LogP contribution in [-0.4, -0.2) is 134 Å². The summed E-state index contributed by atoms with van der Waals surface area (Å²) in [7, 11) is 3.84. The van der Waals surface area contributed by atoms with Crippen molar-refractivity contribution in [3.05, 3.63) is 58.1 Å². The smallest absolute Gasteiger partial charge is 0.418 e. The summed E-state index contributed by atoms with van der Waals surface area (Å²) in [6.07, 6.45) is -2.98. The number of nitrogen functional groups attached to an aromatic ring is 1. The highest BCUT2D eigenvalue weighted by Gasteiger charge is 2.39. The van der Waals surface area contributed by atoms with E-state index in [0.717, 1.165) is 56.1 Å². The third-order valence-corrected chi connectivity index (χ3v) is 12.1. The number of fused-ring (bicyclic) bond motifs is 1. The van der Waals surface area contributed by atoms with Gasteiger partial charge in [-0.15, -0.1) is 0 Å². The summed E-state index contributed by atoms with van der Waals surface area (Å²) in [4.78, 5) is 61.9. The molecule has 4 amide bonds. The lowest BCUT2D eigenvalue weighted by Gasteiger charge is -2.41. The first kappa shape index (κ1) is 42.3. The molecule has 1 atom stereocenters. The normalized spacial score (nSPS) is 19.6. The molecule has 4 aliphatic rings. The molecule has 4 heterocycles. The minimum Gasteiger partial charge on any atom is -0.463 e. The van der Waals surface area contributed by atoms with Gasteiger partial charge in [0.1, 0.15) is 6.61 Å². The molecule has 4 aliphatic heterocycles. The fourth-order valence-corrected chi connectivity index (χ4v) is 8.68. The Morgan fingerprint density at radius 1 is 0.947 bits per heavy atom. The SMILES string of the molecule is CN(C)CCOC(=O)CN1CCC(C2CCN(C(=O)[C@@H](Cc3cc(Cl)c(N)c(C(F)(F)F)c3)OC(=O)N3CCC(N4Cc5ccccc5NC4=O)CC3)CC2)CC1. The number of carbonyl (C=O) groups excluding carboxylic acids is 4. The number of benzene rings is 2. The maximum Gasteiger partial charge on any atom is 0.418 e. The van der Waals surface area contributed by atoms with Crippen LogP contribution >= 0.6 is 11.6 Å². The second kappa shape index (κ2) is 18.5. The number of carbonyl (C=O) groups is 4. The van der Waals surface area contributed by atoms with Crippen LogP contribution in [-0.2, 0) is 38.2 Å². The zero-order chi connectivity index (χ0) is 40.9. The van der Waals surface area contributed by atoms with Crippen molar-refractivity contribution >= 4 is 47.0 Å². The molecule has 13 nitrogen and oxygen atoms in total. The Kier molecular flexibility index (Phi) is 13.8. The lowest BCUT2D eigenvalue weighted by Crippen LogP contribution is -2.52. The molecule has 0 radical (unpaired) electrons. The molecule has 0 aromatic heterocycles. The number of para-hydroxylation sites is 1. The molecule has 0 saturated carbocycles. The van der Waals surface area contributed by atoms with Crippen molar-refractivity contribution in [2.45, 2.75) is 69.8 Å². The van der Waals surface area contributed by atoms with Gasteiger partial charge in [-0.2, -0.15) is 13.2 Å². The summed E-state index contributed by atoms with van der Waals surface area (Å²) in [6, 6.07) is 9.38. The van der Waals surface area contributed by atoms with Crippen LogP contribution in [0.2, 0.25) is 5.02 Å². The zero-order valence-electron chi connectivity index (χ0n) is 32.6. The third-order valence-electron chi connectivity index (χ3n) is 11.8. The number of halogens is 4. The first-order chi connectivity index (χ1) is 27.2. The van der Waals surface area contributed by atoms with Gasteiger partial charge in [-0.25, -0.2) is 9.59 Å². The van der Waals surface area contributed by atoms with Gasteiger partial charge in [0.15, 0.2) is 6.10 Å². The number of likely N-dealkylation sites (tertiary alicyclic amines) is 3. The molecule has 3 saturated heterocycles. The van der Waals surface area contributed by atoms with E-state index in [4.69, 9.17) is 26.8 Å². The molecule has 0 spiro atoms. The molecule has 0 aliphatic carbocycles. The Balaban J connectivity index is 1.06. The molecular weight excluding hydrogens is 767 g/mol. The largest absolute Gasteiger partial charge is 0.463 e. The predicted molar refractivity (Wildman–Crippen MR) is 208 cm³/mol. The molecule has 2 aromatic rings. The van der Waals surface area contributed by atoms with Crippen LogP contribution < -0.4 is 11.1 Å². The van der Waals surface area contributed by atoms with E-state index in [1.165, 1.54) is 11.0 Å². The summed E-state index contributed by atoms with van der Waals surface area (Å²) in [6.45, 7) is 4.67. The number of anilines is 2. The Labute approximate surface area is 336 Å². The Morgan fingerprint density at radius 2 is 1.58 bits per heavy atom. The van der Waals surface area contributed by atoms with Crippen LogP contribution in [0, 0.1) is 11.8 Å². The average Bonchev–Trinajstić information content (AvgIpc) is 3.18. The van der Waals surface area contributed by atoms with Crippen molar-refractivity contribution in [1.29, 1.82) is 0 Å². The van der Waals surface area contributed by atoms with Crippen LogP contribution in [0.4, 0.5) is 34.1 Å². The molecule has 3 N–H and O–H groups in total. The zero-order valence-corrected chi connectivity index (χ0v) is 33.3. The highest BCUT2D eigenvalue weighted by atomic mass is 35.5. The van der Waals surface area contributed by atoms with E-state index in [-0.39, 0.29) is 54.7 Å². The van der Waals surface area contributed by atoms with E-state index in [1.54, 1.807) is 9.80 Å². The van der Waals surface area contributed by atoms with Gasteiger partial charge in [-0.3, -0.25) is 14.5 Å². The van der Waals surface area contributed by atoms with Gasteiger partial charge in [0.2, 0.25) is 0 Å². The first-order valence-corrected chi connectivity index (χ1v) is 20.1. The molecule has 312 valence electrons. The summed E-state index contributed by atoms with van der Waals surface area (Å²) in [5, 5.41) is 2.62. The molecular formula is C40H53ClF3N7O6. The van der Waals surface area contributed by atoms with Gasteiger partial charge in [0.05, 0.1) is 22.8 Å². The Hall–Kier alpha value is -4.28. The number of nitrogens with zero attached hydrogens (tertiary/aromatic N) is 5. The topological polar surface area (TPSA) is 141 Å². The van der Waals surface area contributed by atoms with Crippen molar-refractivity contribution in [1.82, 2.24) is 24.5 Å². The van der Waals surface area contributed by atoms with Crippen molar-refractivity contribution in [2.24, 2.45) is 11.8 Å². The summed E-state index contributed by atoms with van der Waals surface area (Å²) < 4.78 is 52.9. The number of ether oxygens (including phenoxy) is 2. The Bertz CT molecular complexity index is 1760. The number of rotatable bonds is 11. The maximum absolute atomic E-state index is 14.1. The van der Waals surface area contributed by atoms with E-state index in [1.807, 2.05) is 43.3 Å². The molecule has 17 heteroatoms. The number of alkyl halides is 3. The van der Waals surface area contributed by atoms with Gasteiger partial charge >= 0.3 is 24.3 Å². The van der Waals surface area contributed by atoms with Gasteiger partial charge in [0, 0.05) is 57.4 Å². The number of urea groups is 1. The number of nitrogens with two attached hydrogens (primary N) is 1. The van der Waals surface area contributed by atoms with Crippen LogP contribution in [0.15, 0.2) is 36.4 Å². The van der Waals surface area contributed by atoms with Crippen molar-refractivity contribution in [2.75, 3.05) is 84.1 Å². The minimum atomic E-state index is -4.79. The molecule has 6 rings (SSSR count). The van der Waals surface area contributed by atoms with E-state index >= 15 is 0 Å². The number of hydrogen-bond donors (Lipinski definition) is 2. The molecule has 57 heavy (non-hydrogen) atoms. The number of esters is 1. The number of nitrogens with one attached hydrogen (secondary N) is 1. The second-order valence-electron chi connectivity index (χ2n) is 15.8. The molecule has 2 aromatic carbocycles. The van der Waals surface area contributed by atoms with Crippen molar-refractivity contribution in [3.63, 3.8) is 0 Å². The number of amides is 4. The second-order valence-corrected chi connectivity index (χ2v) is 16.3. The minimum absolute atomic E-state index is 0.0611. The van der Waals surface area contributed by atoms with Crippen LogP contribution in [0.25, 0.3) is 0 Å². The fraction of sp³-hybridized carbons (Fsp3) is 0.600. The molecule has 0 bridgehead atoms. The first-order valence-electron chi connectivity index (χ1n) is 19.7. The predicted octanol–water partition coefficient (Wildman–Crippen LogP) is 5.56.